The number of hydrogen-bond donors (Lipinski definition) is 1. The van der Waals surface area contributed by atoms with Crippen LogP contribution in [0, 0.1) is 6.92 Å². The maximum absolute atomic E-state index is 5.76. The molecule has 0 aliphatic heterocycles. The first kappa shape index (κ1) is 10.7. The third kappa shape index (κ3) is 3.08. The van der Waals surface area contributed by atoms with Gasteiger partial charge in [-0.1, -0.05) is 6.92 Å². The summed E-state index contributed by atoms with van der Waals surface area (Å²) in [5.74, 6) is 1.99. The third-order valence-corrected chi connectivity index (χ3v) is 3.57. The predicted molar refractivity (Wildman–Crippen MR) is 57.9 cm³/mol. The number of nitrogens with two attached hydrogens (primary N) is 1. The molecule has 1 aromatic heterocycles. The molecule has 3 heteroatoms. The van der Waals surface area contributed by atoms with Crippen LogP contribution in [0.5, 0.6) is 0 Å². The number of aryl methyl sites for hydroxylation is 1. The molecule has 2 unspecified atom stereocenters. The highest BCUT2D eigenvalue weighted by molar-refractivity contribution is 7.99. The molecule has 1 rings (SSSR count). The van der Waals surface area contributed by atoms with Crippen molar-refractivity contribution in [3.8, 4) is 0 Å². The maximum atomic E-state index is 5.76. The van der Waals surface area contributed by atoms with E-state index < -0.39 is 0 Å². The second-order valence-corrected chi connectivity index (χ2v) is 4.77. The van der Waals surface area contributed by atoms with E-state index in [0.29, 0.717) is 5.25 Å². The third-order valence-electron chi connectivity index (χ3n) is 2.19. The normalized spacial score (nSPS) is 15.7. The molecule has 0 saturated carbocycles. The van der Waals surface area contributed by atoms with Gasteiger partial charge in [-0.3, -0.25) is 0 Å². The van der Waals surface area contributed by atoms with Crippen LogP contribution in [-0.4, -0.2) is 11.3 Å². The van der Waals surface area contributed by atoms with Gasteiger partial charge in [-0.15, -0.1) is 11.8 Å². The Morgan fingerprint density at radius 3 is 2.69 bits per heavy atom. The largest absolute Gasteiger partial charge is 0.468 e. The lowest BCUT2D eigenvalue weighted by atomic mass is 10.3. The highest BCUT2D eigenvalue weighted by Gasteiger charge is 2.09. The van der Waals surface area contributed by atoms with Gasteiger partial charge in [0.05, 0.1) is 12.0 Å². The Hall–Kier alpha value is -0.410. The molecule has 2 atom stereocenters. The van der Waals surface area contributed by atoms with Gasteiger partial charge < -0.3 is 10.2 Å². The Bertz CT molecular complexity index is 257. The molecule has 0 spiro atoms. The molecule has 0 radical (unpaired) electrons. The van der Waals surface area contributed by atoms with Gasteiger partial charge in [0.2, 0.25) is 0 Å². The quantitative estimate of drug-likeness (QED) is 0.810. The monoisotopic (exact) mass is 199 g/mol. The second kappa shape index (κ2) is 4.72. The summed E-state index contributed by atoms with van der Waals surface area (Å²) >= 11 is 1.84. The van der Waals surface area contributed by atoms with Crippen LogP contribution in [0.2, 0.25) is 0 Å². The Morgan fingerprint density at radius 1 is 1.54 bits per heavy atom. The van der Waals surface area contributed by atoms with Crippen LogP contribution in [0.1, 0.15) is 25.2 Å². The average Bonchev–Trinajstić information content (AvgIpc) is 2.47. The predicted octanol–water partition coefficient (Wildman–Crippen LogP) is 2.56. The van der Waals surface area contributed by atoms with Crippen LogP contribution >= 0.6 is 11.8 Å². The molecule has 1 heterocycles. The zero-order valence-corrected chi connectivity index (χ0v) is 9.23. The van der Waals surface area contributed by atoms with Gasteiger partial charge in [-0.25, -0.2) is 0 Å². The van der Waals surface area contributed by atoms with Gasteiger partial charge in [-0.2, -0.15) is 0 Å². The second-order valence-electron chi connectivity index (χ2n) is 3.40. The van der Waals surface area contributed by atoms with Crippen molar-refractivity contribution in [2.24, 2.45) is 5.73 Å². The molecular weight excluding hydrogens is 182 g/mol. The van der Waals surface area contributed by atoms with Gasteiger partial charge in [0.15, 0.2) is 0 Å². The molecule has 2 nitrogen and oxygen atoms in total. The van der Waals surface area contributed by atoms with Crippen molar-refractivity contribution >= 4 is 11.8 Å². The summed E-state index contributed by atoms with van der Waals surface area (Å²) in [6, 6.07) is 2.23. The fraction of sp³-hybridized carbons (Fsp3) is 0.600. The van der Waals surface area contributed by atoms with E-state index in [4.69, 9.17) is 10.2 Å². The number of hydrogen-bond acceptors (Lipinski definition) is 3. The Morgan fingerprint density at radius 2 is 2.23 bits per heavy atom. The average molecular weight is 199 g/mol. The lowest BCUT2D eigenvalue weighted by Gasteiger charge is -2.13. The van der Waals surface area contributed by atoms with E-state index in [1.54, 1.807) is 6.26 Å². The highest BCUT2D eigenvalue weighted by atomic mass is 32.2. The van der Waals surface area contributed by atoms with E-state index in [-0.39, 0.29) is 6.04 Å². The standard InChI is InChI=1S/C10H17NOS/c1-7-4-5-12-10(7)6-13-9(3)8(2)11/h4-5,8-9H,6,11H2,1-3H3. The van der Waals surface area contributed by atoms with Gasteiger partial charge in [0.25, 0.3) is 0 Å². The summed E-state index contributed by atoms with van der Waals surface area (Å²) in [6.45, 7) is 6.25. The summed E-state index contributed by atoms with van der Waals surface area (Å²) in [7, 11) is 0. The number of furan rings is 1. The molecule has 0 aliphatic rings. The van der Waals surface area contributed by atoms with E-state index in [0.717, 1.165) is 11.5 Å². The van der Waals surface area contributed by atoms with Gasteiger partial charge in [0.1, 0.15) is 5.76 Å². The Balaban J connectivity index is 2.39. The van der Waals surface area contributed by atoms with Gasteiger partial charge in [-0.05, 0) is 25.5 Å². The number of rotatable bonds is 4. The SMILES string of the molecule is Cc1ccoc1CSC(C)C(C)N. The summed E-state index contributed by atoms with van der Waals surface area (Å²) in [5, 5.41) is 0.476. The lowest BCUT2D eigenvalue weighted by Crippen LogP contribution is -2.26. The molecule has 13 heavy (non-hydrogen) atoms. The van der Waals surface area contributed by atoms with Crippen molar-refractivity contribution in [1.82, 2.24) is 0 Å². The summed E-state index contributed by atoms with van der Waals surface area (Å²) < 4.78 is 5.33. The van der Waals surface area contributed by atoms with Crippen LogP contribution in [0.3, 0.4) is 0 Å². The van der Waals surface area contributed by atoms with Crippen LogP contribution in [0.15, 0.2) is 16.7 Å². The Labute approximate surface area is 83.9 Å². The molecule has 0 aromatic carbocycles. The fourth-order valence-electron chi connectivity index (χ4n) is 0.911. The van der Waals surface area contributed by atoms with E-state index in [1.807, 2.05) is 24.8 Å². The highest BCUT2D eigenvalue weighted by Crippen LogP contribution is 2.21. The van der Waals surface area contributed by atoms with E-state index in [2.05, 4.69) is 13.8 Å². The minimum atomic E-state index is 0.236. The first-order valence-electron chi connectivity index (χ1n) is 4.51. The van der Waals surface area contributed by atoms with Crippen LogP contribution < -0.4 is 5.73 Å². The van der Waals surface area contributed by atoms with E-state index >= 15 is 0 Å². The van der Waals surface area contributed by atoms with Crippen molar-refractivity contribution in [3.63, 3.8) is 0 Å². The zero-order chi connectivity index (χ0) is 9.84. The van der Waals surface area contributed by atoms with Crippen molar-refractivity contribution < 1.29 is 4.42 Å². The molecule has 1 aromatic rings. The smallest absolute Gasteiger partial charge is 0.116 e. The molecule has 0 bridgehead atoms. The van der Waals surface area contributed by atoms with Crippen LogP contribution in [0.25, 0.3) is 0 Å². The van der Waals surface area contributed by atoms with Gasteiger partial charge >= 0.3 is 0 Å². The van der Waals surface area contributed by atoms with Gasteiger partial charge in [0, 0.05) is 11.3 Å². The first-order chi connectivity index (χ1) is 6.11. The van der Waals surface area contributed by atoms with Crippen molar-refractivity contribution in [2.75, 3.05) is 0 Å². The molecule has 0 saturated heterocycles. The molecule has 0 amide bonds. The minimum Gasteiger partial charge on any atom is -0.468 e. The minimum absolute atomic E-state index is 0.236. The van der Waals surface area contributed by atoms with Crippen molar-refractivity contribution in [2.45, 2.75) is 37.8 Å². The first-order valence-corrected chi connectivity index (χ1v) is 5.56. The molecule has 0 aliphatic carbocycles. The molecule has 74 valence electrons. The van der Waals surface area contributed by atoms with Crippen LogP contribution in [-0.2, 0) is 5.75 Å². The van der Waals surface area contributed by atoms with E-state index in [1.165, 1.54) is 5.56 Å². The summed E-state index contributed by atoms with van der Waals surface area (Å²) in [5.41, 5.74) is 6.99. The topological polar surface area (TPSA) is 39.2 Å². The number of thioether (sulfide) groups is 1. The zero-order valence-electron chi connectivity index (χ0n) is 8.41. The van der Waals surface area contributed by atoms with Crippen molar-refractivity contribution in [3.05, 3.63) is 23.7 Å². The summed E-state index contributed by atoms with van der Waals surface area (Å²) in [6.07, 6.45) is 1.74. The summed E-state index contributed by atoms with van der Waals surface area (Å²) in [4.78, 5) is 0. The van der Waals surface area contributed by atoms with Crippen LogP contribution in [0.4, 0.5) is 0 Å². The Kier molecular flexibility index (Phi) is 3.88. The molecule has 2 N–H and O–H groups in total. The fourth-order valence-corrected chi connectivity index (χ4v) is 1.92. The molecule has 0 fully saturated rings. The van der Waals surface area contributed by atoms with E-state index in [9.17, 15) is 0 Å². The van der Waals surface area contributed by atoms with Crippen molar-refractivity contribution in [1.29, 1.82) is 0 Å². The maximum Gasteiger partial charge on any atom is 0.116 e. The lowest BCUT2D eigenvalue weighted by molar-refractivity contribution is 0.527. The molecular formula is C10H17NOS.